The second kappa shape index (κ2) is 17.9. The molecule has 12 nitrogen and oxygen atoms in total. The predicted molar refractivity (Wildman–Crippen MR) is 234 cm³/mol. The maximum atomic E-state index is 13.6. The molecule has 0 spiro atoms. The molecule has 0 bridgehead atoms. The quantitative estimate of drug-likeness (QED) is 0.0598. The predicted octanol–water partition coefficient (Wildman–Crippen LogP) is 8.04. The van der Waals surface area contributed by atoms with Gasteiger partial charge in [-0.15, -0.1) is 0 Å². The van der Waals surface area contributed by atoms with Crippen molar-refractivity contribution in [1.29, 1.82) is 0 Å². The number of thiocarbonyl (C=S) groups is 1. The number of carboxylic acids is 1. The molecule has 1 fully saturated rings. The topological polar surface area (TPSA) is 164 Å². The van der Waals surface area contributed by atoms with E-state index in [9.17, 15) is 29.4 Å². The normalized spacial score (nSPS) is 13.3. The Bertz CT molecular complexity index is 2630. The summed E-state index contributed by atoms with van der Waals surface area (Å²) in [7, 11) is 1.79. The number of halogens is 2. The average Bonchev–Trinajstić information content (AvgIpc) is 3.73. The van der Waals surface area contributed by atoms with Crippen molar-refractivity contribution < 1.29 is 29.0 Å². The number of likely N-dealkylation sites (tertiary alicyclic amines) is 1. The van der Waals surface area contributed by atoms with Crippen LogP contribution in [-0.2, 0) is 16.0 Å². The standard InChI is InChI=1S/C44H39Cl2N5O7S/c1-50(41(55)18-25-7-14-35(45)36(46)17-25)37(24-51-15-2-3-16-51)26-5-4-6-27(19-26)48-40(54)23-47-44(59)49-28-8-11-31(34(20-28)43(56)57)42-32-12-9-29(52)21-38(32)58-39-22-30(53)10-13-33(39)42/h4-14,17,19-22,37,52H,2-3,15-16,18,23-24H2,1H3,(H,48,54)(H,56,57)(H2,47,49,59)/t37-/m1/s1. The Morgan fingerprint density at radius 2 is 1.64 bits per heavy atom. The molecule has 0 unspecified atom stereocenters. The van der Waals surface area contributed by atoms with Crippen LogP contribution in [0.1, 0.15) is 40.4 Å². The number of aromatic carboxylic acids is 1. The number of amides is 2. The van der Waals surface area contributed by atoms with Gasteiger partial charge in [0.15, 0.2) is 10.5 Å². The van der Waals surface area contributed by atoms with Crippen LogP contribution in [0.4, 0.5) is 11.4 Å². The first-order valence-corrected chi connectivity index (χ1v) is 19.9. The Labute approximate surface area is 354 Å². The van der Waals surface area contributed by atoms with Gasteiger partial charge < -0.3 is 40.4 Å². The van der Waals surface area contributed by atoms with Gasteiger partial charge in [0.1, 0.15) is 17.1 Å². The minimum absolute atomic E-state index is 0.0538. The maximum Gasteiger partial charge on any atom is 0.336 e. The van der Waals surface area contributed by atoms with Crippen LogP contribution in [0, 0.1) is 0 Å². The number of rotatable bonds is 12. The Morgan fingerprint density at radius 3 is 2.41 bits per heavy atom. The molecule has 2 amide bonds. The van der Waals surface area contributed by atoms with Crippen LogP contribution in [0.3, 0.4) is 0 Å². The summed E-state index contributed by atoms with van der Waals surface area (Å²) in [4.78, 5) is 55.6. The molecule has 0 saturated carbocycles. The molecule has 302 valence electrons. The van der Waals surface area contributed by atoms with Crippen molar-refractivity contribution in [1.82, 2.24) is 15.1 Å². The van der Waals surface area contributed by atoms with Gasteiger partial charge in [0.2, 0.25) is 11.8 Å². The van der Waals surface area contributed by atoms with E-state index in [-0.39, 0.29) is 64.0 Å². The zero-order valence-electron chi connectivity index (χ0n) is 31.8. The number of benzene rings is 5. The number of carbonyl (C=O) groups is 3. The highest BCUT2D eigenvalue weighted by molar-refractivity contribution is 7.80. The summed E-state index contributed by atoms with van der Waals surface area (Å²) in [6, 6.07) is 25.7. The lowest BCUT2D eigenvalue weighted by molar-refractivity contribution is -0.131. The summed E-state index contributed by atoms with van der Waals surface area (Å²) in [5.74, 6) is -1.50. The number of hydrogen-bond donors (Lipinski definition) is 5. The summed E-state index contributed by atoms with van der Waals surface area (Å²) < 4.78 is 5.91. The summed E-state index contributed by atoms with van der Waals surface area (Å²) in [5, 5.41) is 30.6. The number of fused-ring (bicyclic) bond motifs is 2. The molecule has 1 saturated heterocycles. The summed E-state index contributed by atoms with van der Waals surface area (Å²) >= 11 is 17.8. The average molecular weight is 853 g/mol. The van der Waals surface area contributed by atoms with E-state index in [0.29, 0.717) is 50.0 Å². The van der Waals surface area contributed by atoms with E-state index < -0.39 is 5.97 Å². The number of aromatic hydroxyl groups is 1. The first-order chi connectivity index (χ1) is 28.3. The number of likely N-dealkylation sites (N-methyl/N-ethyl adjacent to an activating group) is 1. The lowest BCUT2D eigenvalue weighted by Gasteiger charge is -2.32. The van der Waals surface area contributed by atoms with Crippen molar-refractivity contribution in [2.24, 2.45) is 0 Å². The van der Waals surface area contributed by atoms with Crippen molar-refractivity contribution in [2.75, 3.05) is 43.9 Å². The highest BCUT2D eigenvalue weighted by atomic mass is 35.5. The number of nitrogens with zero attached hydrogens (tertiary/aromatic N) is 2. The van der Waals surface area contributed by atoms with Crippen molar-refractivity contribution in [3.63, 3.8) is 0 Å². The molecule has 5 N–H and O–H groups in total. The fraction of sp³-hybridized carbons (Fsp3) is 0.205. The van der Waals surface area contributed by atoms with Gasteiger partial charge in [-0.2, -0.15) is 0 Å². The largest absolute Gasteiger partial charge is 0.508 e. The molecule has 0 aromatic heterocycles. The minimum Gasteiger partial charge on any atom is -0.508 e. The van der Waals surface area contributed by atoms with E-state index in [1.165, 1.54) is 30.3 Å². The number of anilines is 2. The van der Waals surface area contributed by atoms with E-state index in [1.807, 2.05) is 18.2 Å². The molecule has 59 heavy (non-hydrogen) atoms. The fourth-order valence-electron chi connectivity index (χ4n) is 7.32. The SMILES string of the molecule is CN(C(=O)Cc1ccc(Cl)c(Cl)c1)[C@H](CN1CCCC1)c1cccc(NC(=O)CNC(=S)Nc2ccc(-c3c4ccc(=O)cc-4oc4cc(O)ccc34)c(C(=O)O)c2)c1. The third-order valence-electron chi connectivity index (χ3n) is 10.2. The molecule has 4 aromatic rings. The van der Waals surface area contributed by atoms with Crippen LogP contribution in [0.15, 0.2) is 106 Å². The molecule has 0 radical (unpaired) electrons. The van der Waals surface area contributed by atoms with E-state index >= 15 is 0 Å². The van der Waals surface area contributed by atoms with Gasteiger partial charge in [0, 0.05) is 53.6 Å². The molecule has 2 aliphatic heterocycles. The van der Waals surface area contributed by atoms with Crippen molar-refractivity contribution in [3.8, 4) is 28.2 Å². The van der Waals surface area contributed by atoms with Gasteiger partial charge in [0.25, 0.3) is 0 Å². The van der Waals surface area contributed by atoms with Gasteiger partial charge >= 0.3 is 5.97 Å². The smallest absolute Gasteiger partial charge is 0.336 e. The van der Waals surface area contributed by atoms with Gasteiger partial charge in [0.05, 0.1) is 34.6 Å². The van der Waals surface area contributed by atoms with Gasteiger partial charge in [-0.05, 0) is 116 Å². The molecular formula is C44H39Cl2N5O7S. The zero-order valence-corrected chi connectivity index (χ0v) is 34.1. The van der Waals surface area contributed by atoms with Gasteiger partial charge in [-0.3, -0.25) is 14.4 Å². The number of phenolic OH excluding ortho intramolecular Hbond substituents is 1. The second-order valence-corrected chi connectivity index (χ2v) is 15.5. The van der Waals surface area contributed by atoms with E-state index in [2.05, 4.69) is 20.9 Å². The Hall–Kier alpha value is -5.99. The van der Waals surface area contributed by atoms with Crippen LogP contribution >= 0.6 is 35.4 Å². The lowest BCUT2D eigenvalue weighted by atomic mass is 9.90. The summed E-state index contributed by atoms with van der Waals surface area (Å²) in [6.45, 7) is 2.32. The minimum atomic E-state index is -1.21. The van der Waals surface area contributed by atoms with Crippen LogP contribution in [0.2, 0.25) is 10.0 Å². The van der Waals surface area contributed by atoms with E-state index in [4.69, 9.17) is 39.8 Å². The molecule has 3 aliphatic rings. The van der Waals surface area contributed by atoms with Crippen LogP contribution in [0.25, 0.3) is 33.4 Å². The Morgan fingerprint density at radius 1 is 0.881 bits per heavy atom. The third-order valence-corrected chi connectivity index (χ3v) is 11.2. The maximum absolute atomic E-state index is 13.6. The molecular weight excluding hydrogens is 813 g/mol. The van der Waals surface area contributed by atoms with Crippen molar-refractivity contribution >= 4 is 80.7 Å². The third kappa shape index (κ3) is 9.67. The zero-order chi connectivity index (χ0) is 41.8. The van der Waals surface area contributed by atoms with Crippen LogP contribution in [-0.4, -0.2) is 76.1 Å². The number of nitrogens with one attached hydrogen (secondary N) is 3. The molecule has 7 rings (SSSR count). The molecule has 2 heterocycles. The first kappa shape index (κ1) is 41.2. The van der Waals surface area contributed by atoms with Crippen molar-refractivity contribution in [3.05, 3.63) is 134 Å². The Kier molecular flexibility index (Phi) is 12.5. The van der Waals surface area contributed by atoms with Gasteiger partial charge in [-0.1, -0.05) is 47.5 Å². The van der Waals surface area contributed by atoms with E-state index in [1.54, 1.807) is 60.5 Å². The number of phenols is 1. The number of carbonyl (C=O) groups excluding carboxylic acids is 2. The second-order valence-electron chi connectivity index (χ2n) is 14.3. The number of carboxylic acid groups (broad SMARTS) is 1. The monoisotopic (exact) mass is 851 g/mol. The molecule has 1 aliphatic carbocycles. The van der Waals surface area contributed by atoms with Crippen molar-refractivity contribution in [2.45, 2.75) is 25.3 Å². The summed E-state index contributed by atoms with van der Waals surface area (Å²) in [6.07, 6.45) is 2.34. The van der Waals surface area contributed by atoms with E-state index in [0.717, 1.165) is 37.1 Å². The highest BCUT2D eigenvalue weighted by Gasteiger charge is 2.27. The van der Waals surface area contributed by atoms with Gasteiger partial charge in [-0.25, -0.2) is 4.79 Å². The Balaban J connectivity index is 1.03. The van der Waals surface area contributed by atoms with Crippen LogP contribution in [0.5, 0.6) is 5.75 Å². The lowest BCUT2D eigenvalue weighted by Crippen LogP contribution is -2.39. The first-order valence-electron chi connectivity index (χ1n) is 18.8. The highest BCUT2D eigenvalue weighted by Crippen LogP contribution is 2.42. The van der Waals surface area contributed by atoms with Crippen LogP contribution < -0.4 is 21.4 Å². The number of hydrogen-bond acceptors (Lipinski definition) is 8. The summed E-state index contributed by atoms with van der Waals surface area (Å²) in [5.41, 5.74) is 3.81. The fourth-order valence-corrected chi connectivity index (χ4v) is 7.83. The molecule has 1 atom stereocenters. The molecule has 15 heteroatoms. The molecule has 4 aromatic carbocycles.